The van der Waals surface area contributed by atoms with Crippen molar-refractivity contribution in [3.8, 4) is 0 Å². The number of carbonyl (C=O) groups is 1. The molecule has 0 N–H and O–H groups in total. The van der Waals surface area contributed by atoms with Crippen molar-refractivity contribution in [2.24, 2.45) is 10.1 Å². The summed E-state index contributed by atoms with van der Waals surface area (Å²) >= 11 is 3.35. The Balaban J connectivity index is 1.63. The summed E-state index contributed by atoms with van der Waals surface area (Å²) in [6.07, 6.45) is 1.47. The molecule has 4 rings (SSSR count). The van der Waals surface area contributed by atoms with Crippen LogP contribution in [0.3, 0.4) is 0 Å². The molecule has 2 aromatic rings. The van der Waals surface area contributed by atoms with E-state index in [2.05, 4.69) is 26.1 Å². The molecule has 2 aliphatic rings. The van der Waals surface area contributed by atoms with Crippen LogP contribution >= 0.6 is 15.9 Å². The summed E-state index contributed by atoms with van der Waals surface area (Å²) in [5, 5.41) is 3.92. The number of oxime groups is 1. The monoisotopic (exact) mass is 411 g/mol. The van der Waals surface area contributed by atoms with Crippen LogP contribution < -0.4 is 4.90 Å². The highest BCUT2D eigenvalue weighted by Crippen LogP contribution is 2.28. The molecule has 2 heterocycles. The van der Waals surface area contributed by atoms with Crippen molar-refractivity contribution in [3.63, 3.8) is 0 Å². The van der Waals surface area contributed by atoms with E-state index in [1.54, 1.807) is 0 Å². The number of anilines is 1. The summed E-state index contributed by atoms with van der Waals surface area (Å²) in [6, 6.07) is 18.0. The Kier molecular flexibility index (Phi) is 4.84. The fourth-order valence-electron chi connectivity index (χ4n) is 3.27. The molecule has 0 aromatic heterocycles. The van der Waals surface area contributed by atoms with Crippen LogP contribution in [-0.4, -0.2) is 35.4 Å². The summed E-state index contributed by atoms with van der Waals surface area (Å²) in [5.74, 6) is 0.00126. The number of para-hydroxylation sites is 1. The Morgan fingerprint density at radius 2 is 1.88 bits per heavy atom. The van der Waals surface area contributed by atoms with Crippen LogP contribution in [0.25, 0.3) is 0 Å². The lowest BCUT2D eigenvalue weighted by molar-refractivity contribution is -0.117. The van der Waals surface area contributed by atoms with Gasteiger partial charge in [-0.05, 0) is 22.0 Å². The minimum atomic E-state index is 0.00126. The highest BCUT2D eigenvalue weighted by atomic mass is 79.9. The third kappa shape index (κ3) is 3.42. The lowest BCUT2D eigenvalue weighted by atomic mass is 10.00. The predicted molar refractivity (Wildman–Crippen MR) is 106 cm³/mol. The van der Waals surface area contributed by atoms with Gasteiger partial charge in [-0.15, -0.1) is 0 Å². The molecule has 0 fully saturated rings. The topological polar surface area (TPSA) is 54.3 Å². The van der Waals surface area contributed by atoms with E-state index in [1.165, 1.54) is 0 Å². The minimum absolute atomic E-state index is 0.00126. The van der Waals surface area contributed by atoms with Gasteiger partial charge in [0, 0.05) is 30.5 Å². The Hall–Kier alpha value is -2.47. The van der Waals surface area contributed by atoms with Gasteiger partial charge in [0.05, 0.1) is 11.4 Å². The number of halogens is 1. The Morgan fingerprint density at radius 3 is 2.65 bits per heavy atom. The standard InChI is InChI=1S/C20H18BrN3O2/c21-18-12-15(26-23-18)10-11-24-17-9-5-4-8-16(17)20(22-13-19(24)25)14-6-2-1-3-7-14/h1-9,15H,10-13H2. The average molecular weight is 412 g/mol. The number of amides is 1. The third-order valence-electron chi connectivity index (χ3n) is 4.54. The normalized spacial score (nSPS) is 19.3. The van der Waals surface area contributed by atoms with Crippen LogP contribution in [0.2, 0.25) is 0 Å². The van der Waals surface area contributed by atoms with Gasteiger partial charge >= 0.3 is 0 Å². The Morgan fingerprint density at radius 1 is 1.12 bits per heavy atom. The van der Waals surface area contributed by atoms with Crippen LogP contribution in [0.4, 0.5) is 5.69 Å². The maximum atomic E-state index is 12.8. The zero-order valence-corrected chi connectivity index (χ0v) is 15.7. The van der Waals surface area contributed by atoms with E-state index in [4.69, 9.17) is 4.84 Å². The number of fused-ring (bicyclic) bond motifs is 1. The molecule has 0 aliphatic carbocycles. The maximum absolute atomic E-state index is 12.8. The van der Waals surface area contributed by atoms with E-state index in [0.29, 0.717) is 6.54 Å². The molecule has 1 amide bonds. The molecule has 0 radical (unpaired) electrons. The van der Waals surface area contributed by atoms with Crippen LogP contribution in [0.5, 0.6) is 0 Å². The summed E-state index contributed by atoms with van der Waals surface area (Å²) < 4.78 is 0.819. The van der Waals surface area contributed by atoms with Gasteiger partial charge in [0.25, 0.3) is 0 Å². The van der Waals surface area contributed by atoms with Crippen LogP contribution in [0.15, 0.2) is 64.7 Å². The number of carbonyl (C=O) groups excluding carboxylic acids is 1. The summed E-state index contributed by atoms with van der Waals surface area (Å²) in [5.41, 5.74) is 3.76. The molecule has 132 valence electrons. The molecule has 2 aromatic carbocycles. The summed E-state index contributed by atoms with van der Waals surface area (Å²) in [6.45, 7) is 0.721. The molecule has 2 aliphatic heterocycles. The van der Waals surface area contributed by atoms with Gasteiger partial charge in [0.2, 0.25) is 5.91 Å². The predicted octanol–water partition coefficient (Wildman–Crippen LogP) is 3.76. The number of benzodiazepines with no additional fused rings is 1. The molecular weight excluding hydrogens is 394 g/mol. The molecule has 6 heteroatoms. The van der Waals surface area contributed by atoms with E-state index in [0.717, 1.165) is 40.0 Å². The number of aliphatic imine (C=N–C) groups is 1. The van der Waals surface area contributed by atoms with Gasteiger partial charge in [-0.25, -0.2) is 0 Å². The van der Waals surface area contributed by atoms with E-state index in [9.17, 15) is 4.79 Å². The van der Waals surface area contributed by atoms with Gasteiger partial charge in [-0.3, -0.25) is 9.79 Å². The molecule has 1 atom stereocenters. The highest BCUT2D eigenvalue weighted by molar-refractivity contribution is 9.18. The first-order valence-electron chi connectivity index (χ1n) is 8.60. The zero-order chi connectivity index (χ0) is 17.9. The van der Waals surface area contributed by atoms with Gasteiger partial charge in [0.15, 0.2) is 0 Å². The molecule has 0 spiro atoms. The number of nitrogens with zero attached hydrogens (tertiary/aromatic N) is 3. The van der Waals surface area contributed by atoms with Crippen molar-refractivity contribution in [1.82, 2.24) is 0 Å². The Labute approximate surface area is 160 Å². The average Bonchev–Trinajstić information content (AvgIpc) is 3.03. The second-order valence-electron chi connectivity index (χ2n) is 6.28. The van der Waals surface area contributed by atoms with Gasteiger partial charge in [0.1, 0.15) is 17.3 Å². The lowest BCUT2D eigenvalue weighted by Gasteiger charge is -2.24. The fourth-order valence-corrected chi connectivity index (χ4v) is 3.72. The van der Waals surface area contributed by atoms with Crippen LogP contribution in [0.1, 0.15) is 24.0 Å². The van der Waals surface area contributed by atoms with E-state index >= 15 is 0 Å². The summed E-state index contributed by atoms with van der Waals surface area (Å²) in [4.78, 5) is 24.6. The first kappa shape index (κ1) is 17.0. The van der Waals surface area contributed by atoms with Crippen LogP contribution in [0, 0.1) is 0 Å². The van der Waals surface area contributed by atoms with Crippen molar-refractivity contribution >= 4 is 37.9 Å². The van der Waals surface area contributed by atoms with Gasteiger partial charge in [-0.2, -0.15) is 0 Å². The SMILES string of the molecule is O=C1CN=C(c2ccccc2)c2ccccc2N1CCC1CC(Br)=NO1. The van der Waals surface area contributed by atoms with Crippen molar-refractivity contribution in [3.05, 3.63) is 65.7 Å². The molecule has 0 bridgehead atoms. The fraction of sp³-hybridized carbons (Fsp3) is 0.250. The first-order valence-corrected chi connectivity index (χ1v) is 9.39. The van der Waals surface area contributed by atoms with Gasteiger partial charge in [-0.1, -0.05) is 53.7 Å². The van der Waals surface area contributed by atoms with E-state index in [-0.39, 0.29) is 18.6 Å². The lowest BCUT2D eigenvalue weighted by Crippen LogP contribution is -2.35. The summed E-state index contributed by atoms with van der Waals surface area (Å²) in [7, 11) is 0. The number of hydrogen-bond donors (Lipinski definition) is 0. The van der Waals surface area contributed by atoms with Gasteiger partial charge < -0.3 is 9.74 Å². The van der Waals surface area contributed by atoms with Crippen molar-refractivity contribution < 1.29 is 9.63 Å². The minimum Gasteiger partial charge on any atom is -0.391 e. The molecule has 26 heavy (non-hydrogen) atoms. The Bertz CT molecular complexity index is 880. The quantitative estimate of drug-likeness (QED) is 0.768. The van der Waals surface area contributed by atoms with Crippen molar-refractivity contribution in [1.29, 1.82) is 0 Å². The molecular formula is C20H18BrN3O2. The number of rotatable bonds is 4. The molecule has 0 saturated carbocycles. The second kappa shape index (κ2) is 7.41. The third-order valence-corrected chi connectivity index (χ3v) is 5.01. The highest BCUT2D eigenvalue weighted by Gasteiger charge is 2.27. The van der Waals surface area contributed by atoms with E-state index < -0.39 is 0 Å². The zero-order valence-electron chi connectivity index (χ0n) is 14.1. The van der Waals surface area contributed by atoms with Crippen LogP contribution in [-0.2, 0) is 9.63 Å². The largest absolute Gasteiger partial charge is 0.391 e. The van der Waals surface area contributed by atoms with Crippen molar-refractivity contribution in [2.75, 3.05) is 18.0 Å². The molecule has 5 nitrogen and oxygen atoms in total. The maximum Gasteiger partial charge on any atom is 0.248 e. The number of hydrogen-bond acceptors (Lipinski definition) is 4. The first-order chi connectivity index (χ1) is 12.7. The van der Waals surface area contributed by atoms with E-state index in [1.807, 2.05) is 59.5 Å². The molecule has 1 unspecified atom stereocenters. The van der Waals surface area contributed by atoms with Crippen molar-refractivity contribution in [2.45, 2.75) is 18.9 Å². The number of benzene rings is 2. The smallest absolute Gasteiger partial charge is 0.248 e. The second-order valence-corrected chi connectivity index (χ2v) is 7.20. The molecule has 0 saturated heterocycles.